The largest absolute Gasteiger partial charge is 0.444 e. The highest BCUT2D eigenvalue weighted by atomic mass is 16.6. The fourth-order valence-electron chi connectivity index (χ4n) is 3.60. The van der Waals surface area contributed by atoms with Gasteiger partial charge in [0.15, 0.2) is 0 Å². The lowest BCUT2D eigenvalue weighted by Gasteiger charge is -2.38. The number of carbonyl (C=O) groups excluding carboxylic acids is 2. The van der Waals surface area contributed by atoms with E-state index in [1.165, 1.54) is 5.56 Å². The second kappa shape index (κ2) is 5.96. The number of aldehydes is 1. The van der Waals surface area contributed by atoms with Crippen molar-refractivity contribution in [1.29, 1.82) is 0 Å². The van der Waals surface area contributed by atoms with Crippen LogP contribution in [-0.2, 0) is 16.1 Å². The number of nitrogens with zero attached hydrogens (tertiary/aromatic N) is 2. The lowest BCUT2D eigenvalue weighted by molar-refractivity contribution is -0.114. The Morgan fingerprint density at radius 3 is 2.61 bits per heavy atom. The van der Waals surface area contributed by atoms with Crippen LogP contribution in [0, 0.1) is 0 Å². The molecule has 2 aliphatic rings. The van der Waals surface area contributed by atoms with E-state index in [1.54, 1.807) is 4.90 Å². The van der Waals surface area contributed by atoms with Gasteiger partial charge in [-0.1, -0.05) is 30.3 Å². The number of carbonyl (C=O) groups is 2. The molecule has 2 bridgehead atoms. The van der Waals surface area contributed by atoms with E-state index in [4.69, 9.17) is 4.74 Å². The molecule has 2 saturated heterocycles. The van der Waals surface area contributed by atoms with Crippen LogP contribution in [0.5, 0.6) is 0 Å². The van der Waals surface area contributed by atoms with Gasteiger partial charge >= 0.3 is 6.09 Å². The Morgan fingerprint density at radius 1 is 1.30 bits per heavy atom. The number of ether oxygens (including phenoxy) is 1. The molecule has 23 heavy (non-hydrogen) atoms. The fraction of sp³-hybridized carbons (Fsp3) is 0.556. The number of benzene rings is 1. The molecule has 0 radical (unpaired) electrons. The minimum atomic E-state index is -0.515. The standard InChI is InChI=1S/C18H24N2O3/c1-18(2,3)23-17(22)20-11-14-9-15(20)16(12-21)19(14)10-13-7-5-4-6-8-13/h4-8,12,14-16H,9-11H2,1-3H3/t14-,15-,16-/m0/s1. The van der Waals surface area contributed by atoms with E-state index in [0.29, 0.717) is 6.54 Å². The van der Waals surface area contributed by atoms with Gasteiger partial charge in [0.25, 0.3) is 0 Å². The normalized spacial score (nSPS) is 27.3. The van der Waals surface area contributed by atoms with Gasteiger partial charge in [-0.3, -0.25) is 4.90 Å². The third kappa shape index (κ3) is 3.24. The summed E-state index contributed by atoms with van der Waals surface area (Å²) < 4.78 is 5.47. The van der Waals surface area contributed by atoms with Crippen molar-refractivity contribution in [3.63, 3.8) is 0 Å². The predicted octanol–water partition coefficient (Wildman–Crippen LogP) is 2.45. The van der Waals surface area contributed by atoms with Crippen LogP contribution in [0.1, 0.15) is 32.8 Å². The zero-order chi connectivity index (χ0) is 16.6. The second-order valence-corrected chi connectivity index (χ2v) is 7.37. The van der Waals surface area contributed by atoms with E-state index in [2.05, 4.69) is 17.0 Å². The average molecular weight is 316 g/mol. The second-order valence-electron chi connectivity index (χ2n) is 7.37. The van der Waals surface area contributed by atoms with Gasteiger partial charge < -0.3 is 14.4 Å². The van der Waals surface area contributed by atoms with Gasteiger partial charge in [-0.25, -0.2) is 4.79 Å². The zero-order valence-electron chi connectivity index (χ0n) is 13.9. The van der Waals surface area contributed by atoms with E-state index in [-0.39, 0.29) is 24.2 Å². The van der Waals surface area contributed by atoms with Crippen molar-refractivity contribution in [2.75, 3.05) is 6.54 Å². The van der Waals surface area contributed by atoms with Crippen molar-refractivity contribution in [3.05, 3.63) is 35.9 Å². The Labute approximate surface area is 137 Å². The first-order valence-corrected chi connectivity index (χ1v) is 8.13. The Bertz CT molecular complexity index is 582. The van der Waals surface area contributed by atoms with Gasteiger partial charge in [-0.2, -0.15) is 0 Å². The molecule has 2 heterocycles. The lowest BCUT2D eigenvalue weighted by atomic mass is 10.1. The highest BCUT2D eigenvalue weighted by molar-refractivity contribution is 5.72. The Kier molecular flexibility index (Phi) is 4.15. The first kappa shape index (κ1) is 16.0. The van der Waals surface area contributed by atoms with Crippen molar-refractivity contribution in [1.82, 2.24) is 9.80 Å². The van der Waals surface area contributed by atoms with Gasteiger partial charge in [-0.05, 0) is 32.8 Å². The molecule has 0 saturated carbocycles. The van der Waals surface area contributed by atoms with Crippen molar-refractivity contribution >= 4 is 12.4 Å². The molecular formula is C18H24N2O3. The van der Waals surface area contributed by atoms with Crippen LogP contribution in [0.25, 0.3) is 0 Å². The maximum Gasteiger partial charge on any atom is 0.410 e. The van der Waals surface area contributed by atoms with E-state index in [1.807, 2.05) is 39.0 Å². The first-order valence-electron chi connectivity index (χ1n) is 8.13. The molecule has 124 valence electrons. The number of amides is 1. The van der Waals surface area contributed by atoms with Crippen molar-refractivity contribution < 1.29 is 14.3 Å². The minimum absolute atomic E-state index is 0.0731. The molecule has 0 aromatic heterocycles. The van der Waals surface area contributed by atoms with E-state index >= 15 is 0 Å². The molecule has 1 aromatic rings. The maximum absolute atomic E-state index is 12.3. The molecular weight excluding hydrogens is 292 g/mol. The summed E-state index contributed by atoms with van der Waals surface area (Å²) in [5.41, 5.74) is 0.676. The Hall–Kier alpha value is -1.88. The van der Waals surface area contributed by atoms with Crippen molar-refractivity contribution in [2.45, 2.75) is 57.5 Å². The van der Waals surface area contributed by atoms with Crippen LogP contribution in [0.3, 0.4) is 0 Å². The summed E-state index contributed by atoms with van der Waals surface area (Å²) in [6.45, 7) is 6.96. The fourth-order valence-corrected chi connectivity index (χ4v) is 3.60. The zero-order valence-corrected chi connectivity index (χ0v) is 13.9. The first-order chi connectivity index (χ1) is 10.9. The molecule has 3 rings (SSSR count). The number of likely N-dealkylation sites (tertiary alicyclic amines) is 2. The molecule has 5 nitrogen and oxygen atoms in total. The average Bonchev–Trinajstić information content (AvgIpc) is 3.04. The lowest BCUT2D eigenvalue weighted by Crippen LogP contribution is -2.55. The summed E-state index contributed by atoms with van der Waals surface area (Å²) in [6.07, 6.45) is 1.51. The van der Waals surface area contributed by atoms with Crippen molar-refractivity contribution in [3.8, 4) is 0 Å². The highest BCUT2D eigenvalue weighted by Gasteiger charge is 2.52. The summed E-state index contributed by atoms with van der Waals surface area (Å²) in [6, 6.07) is 10.0. The van der Waals surface area contributed by atoms with Crippen molar-refractivity contribution in [2.24, 2.45) is 0 Å². The monoisotopic (exact) mass is 316 g/mol. The summed E-state index contributed by atoms with van der Waals surface area (Å²) in [5, 5.41) is 0. The number of piperazine rings is 1. The van der Waals surface area contributed by atoms with Crippen LogP contribution >= 0.6 is 0 Å². The van der Waals surface area contributed by atoms with Gasteiger partial charge in [0.1, 0.15) is 11.9 Å². The van der Waals surface area contributed by atoms with E-state index in [9.17, 15) is 9.59 Å². The number of hydrogen-bond donors (Lipinski definition) is 0. The smallest absolute Gasteiger partial charge is 0.410 e. The molecule has 0 N–H and O–H groups in total. The number of hydrogen-bond acceptors (Lipinski definition) is 4. The molecule has 0 spiro atoms. The Morgan fingerprint density at radius 2 is 2.00 bits per heavy atom. The van der Waals surface area contributed by atoms with E-state index < -0.39 is 5.60 Å². The van der Waals surface area contributed by atoms with Crippen LogP contribution in [0.2, 0.25) is 0 Å². The van der Waals surface area contributed by atoms with Gasteiger partial charge in [0, 0.05) is 19.1 Å². The molecule has 0 aliphatic carbocycles. The molecule has 0 unspecified atom stereocenters. The minimum Gasteiger partial charge on any atom is -0.444 e. The summed E-state index contributed by atoms with van der Waals surface area (Å²) in [4.78, 5) is 27.9. The molecule has 1 amide bonds. The van der Waals surface area contributed by atoms with Crippen LogP contribution in [0.15, 0.2) is 30.3 Å². The van der Waals surface area contributed by atoms with Gasteiger partial charge in [0.2, 0.25) is 0 Å². The van der Waals surface area contributed by atoms with Crippen LogP contribution in [0.4, 0.5) is 4.79 Å². The Balaban J connectivity index is 1.71. The van der Waals surface area contributed by atoms with E-state index in [0.717, 1.165) is 19.3 Å². The molecule has 2 fully saturated rings. The quantitative estimate of drug-likeness (QED) is 0.804. The predicted molar refractivity (Wildman–Crippen MR) is 87.0 cm³/mol. The number of fused-ring (bicyclic) bond motifs is 2. The van der Waals surface area contributed by atoms with Gasteiger partial charge in [0.05, 0.1) is 12.1 Å². The third-order valence-electron chi connectivity index (χ3n) is 4.54. The summed E-state index contributed by atoms with van der Waals surface area (Å²) in [7, 11) is 0. The number of rotatable bonds is 3. The summed E-state index contributed by atoms with van der Waals surface area (Å²) in [5.74, 6) is 0. The third-order valence-corrected chi connectivity index (χ3v) is 4.54. The van der Waals surface area contributed by atoms with Gasteiger partial charge in [-0.15, -0.1) is 0 Å². The molecule has 2 aliphatic heterocycles. The van der Waals surface area contributed by atoms with Crippen LogP contribution in [-0.4, -0.2) is 52.5 Å². The highest BCUT2D eigenvalue weighted by Crippen LogP contribution is 2.37. The molecule has 1 aromatic carbocycles. The topological polar surface area (TPSA) is 49.9 Å². The van der Waals surface area contributed by atoms with Crippen LogP contribution < -0.4 is 0 Å². The molecule has 3 atom stereocenters. The molecule has 5 heteroatoms. The maximum atomic E-state index is 12.3. The summed E-state index contributed by atoms with van der Waals surface area (Å²) >= 11 is 0. The SMILES string of the molecule is CC(C)(C)OC(=O)N1C[C@@H]2C[C@H]1[C@H](C=O)N2Cc1ccccc1.